The number of carboxylic acid groups (broad SMARTS) is 1. The molecule has 0 fully saturated rings. The third-order valence-corrected chi connectivity index (χ3v) is 5.73. The number of hydrogen-bond acceptors (Lipinski definition) is 5. The zero-order valence-electron chi connectivity index (χ0n) is 11.7. The summed E-state index contributed by atoms with van der Waals surface area (Å²) in [4.78, 5) is 11.3. The number of carboxylic acids is 1. The third-order valence-electron chi connectivity index (χ3n) is 2.89. The number of carbonyl (C=O) groups is 1. The Balaban J connectivity index is 2.28. The van der Waals surface area contributed by atoms with Crippen molar-refractivity contribution < 1.29 is 22.7 Å². The highest BCUT2D eigenvalue weighted by Crippen LogP contribution is 2.27. The van der Waals surface area contributed by atoms with Crippen molar-refractivity contribution in [1.29, 1.82) is 0 Å². The highest BCUT2D eigenvalue weighted by Gasteiger charge is 2.25. The predicted octanol–water partition coefficient (Wildman–Crippen LogP) is 2.70. The van der Waals surface area contributed by atoms with E-state index in [0.717, 1.165) is 11.3 Å². The number of furan rings is 1. The van der Waals surface area contributed by atoms with Crippen molar-refractivity contribution in [2.45, 2.75) is 31.7 Å². The predicted molar refractivity (Wildman–Crippen MR) is 78.2 cm³/mol. The number of nitrogens with one attached hydrogen (secondary N) is 1. The molecule has 0 saturated heterocycles. The standard InChI is InChI=1S/C13H15NO5S2/c1-7-4-5-10(19-7)8(2)14-21(17,18)12-6-11(13(15)16)20-9(12)3/h4-6,8,14H,1-3H3,(H,15,16). The SMILES string of the molecule is Cc1ccc(C(C)NS(=O)(=O)c2cc(C(=O)O)sc2C)o1. The summed E-state index contributed by atoms with van der Waals surface area (Å²) in [6.07, 6.45) is 0. The lowest BCUT2D eigenvalue weighted by Crippen LogP contribution is -2.26. The number of aromatic carboxylic acids is 1. The lowest BCUT2D eigenvalue weighted by Gasteiger charge is -2.11. The summed E-state index contributed by atoms with van der Waals surface area (Å²) in [5, 5.41) is 8.93. The van der Waals surface area contributed by atoms with Crippen LogP contribution in [0.3, 0.4) is 0 Å². The average Bonchev–Trinajstić information content (AvgIpc) is 2.95. The van der Waals surface area contributed by atoms with Crippen molar-refractivity contribution in [2.75, 3.05) is 0 Å². The van der Waals surface area contributed by atoms with E-state index in [0.29, 0.717) is 16.4 Å². The molecule has 0 radical (unpaired) electrons. The summed E-state index contributed by atoms with van der Waals surface area (Å²) in [6, 6.07) is 4.07. The topological polar surface area (TPSA) is 96.6 Å². The van der Waals surface area contributed by atoms with Gasteiger partial charge in [0.2, 0.25) is 10.0 Å². The van der Waals surface area contributed by atoms with Crippen LogP contribution in [0.1, 0.15) is 39.0 Å². The van der Waals surface area contributed by atoms with Crippen LogP contribution in [-0.2, 0) is 10.0 Å². The van der Waals surface area contributed by atoms with E-state index in [9.17, 15) is 13.2 Å². The van der Waals surface area contributed by atoms with Crippen LogP contribution in [0.2, 0.25) is 0 Å². The zero-order valence-corrected chi connectivity index (χ0v) is 13.3. The molecule has 1 atom stereocenters. The second kappa shape index (κ2) is 5.63. The van der Waals surface area contributed by atoms with Gasteiger partial charge in [-0.2, -0.15) is 0 Å². The molecule has 2 aromatic rings. The second-order valence-electron chi connectivity index (χ2n) is 4.63. The molecule has 0 amide bonds. The van der Waals surface area contributed by atoms with E-state index in [1.807, 2.05) is 0 Å². The fourth-order valence-corrected chi connectivity index (χ4v) is 4.52. The summed E-state index contributed by atoms with van der Waals surface area (Å²) < 4.78 is 32.6. The molecule has 0 spiro atoms. The van der Waals surface area contributed by atoms with Crippen molar-refractivity contribution in [3.05, 3.63) is 39.5 Å². The van der Waals surface area contributed by atoms with Gasteiger partial charge in [0.1, 0.15) is 16.4 Å². The Morgan fingerprint density at radius 2 is 2.05 bits per heavy atom. The molecule has 0 bridgehead atoms. The van der Waals surface area contributed by atoms with E-state index in [2.05, 4.69) is 4.72 Å². The molecule has 114 valence electrons. The first-order valence-electron chi connectivity index (χ1n) is 6.13. The molecule has 2 heterocycles. The molecular weight excluding hydrogens is 314 g/mol. The number of thiophene rings is 1. The summed E-state index contributed by atoms with van der Waals surface area (Å²) in [5.74, 6) is 0.0533. The maximum absolute atomic E-state index is 12.3. The molecule has 2 N–H and O–H groups in total. The summed E-state index contributed by atoms with van der Waals surface area (Å²) >= 11 is 0.934. The molecule has 0 saturated carbocycles. The monoisotopic (exact) mass is 329 g/mol. The van der Waals surface area contributed by atoms with E-state index < -0.39 is 22.0 Å². The fraction of sp³-hybridized carbons (Fsp3) is 0.308. The largest absolute Gasteiger partial charge is 0.477 e. The minimum absolute atomic E-state index is 0.00521. The first-order valence-corrected chi connectivity index (χ1v) is 8.43. The summed E-state index contributed by atoms with van der Waals surface area (Å²) in [6.45, 7) is 5.01. The molecule has 2 rings (SSSR count). The van der Waals surface area contributed by atoms with Crippen LogP contribution in [0.25, 0.3) is 0 Å². The first-order chi connectivity index (χ1) is 9.70. The van der Waals surface area contributed by atoms with Gasteiger partial charge in [-0.25, -0.2) is 17.9 Å². The fourth-order valence-electron chi connectivity index (χ4n) is 1.88. The number of rotatable bonds is 5. The van der Waals surface area contributed by atoms with Crippen molar-refractivity contribution in [2.24, 2.45) is 0 Å². The van der Waals surface area contributed by atoms with Gasteiger partial charge in [0.05, 0.1) is 10.9 Å². The van der Waals surface area contributed by atoms with Gasteiger partial charge in [-0.1, -0.05) is 0 Å². The van der Waals surface area contributed by atoms with Gasteiger partial charge < -0.3 is 9.52 Å². The quantitative estimate of drug-likeness (QED) is 0.879. The zero-order chi connectivity index (χ0) is 15.8. The maximum atomic E-state index is 12.3. The van der Waals surface area contributed by atoms with Crippen molar-refractivity contribution >= 4 is 27.3 Å². The third kappa shape index (κ3) is 3.34. The Morgan fingerprint density at radius 1 is 1.38 bits per heavy atom. The van der Waals surface area contributed by atoms with Crippen LogP contribution >= 0.6 is 11.3 Å². The van der Waals surface area contributed by atoms with Gasteiger partial charge in [-0.3, -0.25) is 0 Å². The molecule has 2 aromatic heterocycles. The van der Waals surface area contributed by atoms with Crippen LogP contribution in [0.15, 0.2) is 27.5 Å². The smallest absolute Gasteiger partial charge is 0.345 e. The molecule has 0 aromatic carbocycles. The summed E-state index contributed by atoms with van der Waals surface area (Å²) in [5.41, 5.74) is 0. The van der Waals surface area contributed by atoms with Crippen LogP contribution in [0, 0.1) is 13.8 Å². The van der Waals surface area contributed by atoms with E-state index in [1.54, 1.807) is 32.9 Å². The van der Waals surface area contributed by atoms with Gasteiger partial charge in [-0.15, -0.1) is 11.3 Å². The number of sulfonamides is 1. The molecule has 21 heavy (non-hydrogen) atoms. The molecular formula is C13H15NO5S2. The first kappa shape index (κ1) is 15.7. The van der Waals surface area contributed by atoms with Crippen LogP contribution in [-0.4, -0.2) is 19.5 Å². The second-order valence-corrected chi connectivity index (χ2v) is 7.57. The van der Waals surface area contributed by atoms with Gasteiger partial charge in [0, 0.05) is 4.88 Å². The van der Waals surface area contributed by atoms with E-state index >= 15 is 0 Å². The molecule has 1 unspecified atom stereocenters. The van der Waals surface area contributed by atoms with E-state index in [4.69, 9.17) is 9.52 Å². The Bertz CT molecular complexity index is 772. The maximum Gasteiger partial charge on any atom is 0.345 e. The van der Waals surface area contributed by atoms with Gasteiger partial charge in [0.25, 0.3) is 0 Å². The Hall–Kier alpha value is -1.64. The van der Waals surface area contributed by atoms with Gasteiger partial charge >= 0.3 is 5.97 Å². The minimum atomic E-state index is -3.80. The lowest BCUT2D eigenvalue weighted by atomic mass is 10.3. The Labute approximate surface area is 126 Å². The van der Waals surface area contributed by atoms with Crippen molar-refractivity contribution in [3.8, 4) is 0 Å². The van der Waals surface area contributed by atoms with Gasteiger partial charge in [0.15, 0.2) is 0 Å². The normalized spacial score (nSPS) is 13.3. The molecule has 8 heteroatoms. The highest BCUT2D eigenvalue weighted by atomic mass is 32.2. The van der Waals surface area contributed by atoms with Gasteiger partial charge in [-0.05, 0) is 39.0 Å². The number of hydrogen-bond donors (Lipinski definition) is 2. The van der Waals surface area contributed by atoms with Crippen LogP contribution in [0.4, 0.5) is 0 Å². The minimum Gasteiger partial charge on any atom is -0.477 e. The Morgan fingerprint density at radius 3 is 2.52 bits per heavy atom. The van der Waals surface area contributed by atoms with Crippen LogP contribution in [0.5, 0.6) is 0 Å². The molecule has 0 aliphatic rings. The van der Waals surface area contributed by atoms with Crippen molar-refractivity contribution in [3.63, 3.8) is 0 Å². The molecule has 0 aliphatic heterocycles. The van der Waals surface area contributed by atoms with Crippen LogP contribution < -0.4 is 4.72 Å². The molecule has 0 aliphatic carbocycles. The average molecular weight is 329 g/mol. The summed E-state index contributed by atoms with van der Waals surface area (Å²) in [7, 11) is -3.80. The van der Waals surface area contributed by atoms with Crippen molar-refractivity contribution in [1.82, 2.24) is 4.72 Å². The number of aryl methyl sites for hydroxylation is 2. The Kier molecular flexibility index (Phi) is 4.22. The van der Waals surface area contributed by atoms with E-state index in [-0.39, 0.29) is 9.77 Å². The lowest BCUT2D eigenvalue weighted by molar-refractivity contribution is 0.0702. The van der Waals surface area contributed by atoms with E-state index in [1.165, 1.54) is 6.07 Å². The highest BCUT2D eigenvalue weighted by molar-refractivity contribution is 7.89. The molecule has 6 nitrogen and oxygen atoms in total.